The summed E-state index contributed by atoms with van der Waals surface area (Å²) in [5.41, 5.74) is 0.618. The molecule has 1 aromatic rings. The van der Waals surface area contributed by atoms with E-state index in [1.807, 2.05) is 13.8 Å². The maximum Gasteiger partial charge on any atom is 0.306 e. The van der Waals surface area contributed by atoms with E-state index >= 15 is 0 Å². The summed E-state index contributed by atoms with van der Waals surface area (Å²) in [6, 6.07) is 1.61. The zero-order valence-electron chi connectivity index (χ0n) is 11.6. The van der Waals surface area contributed by atoms with Crippen LogP contribution in [0.5, 0.6) is 0 Å². The van der Waals surface area contributed by atoms with E-state index in [0.717, 1.165) is 0 Å². The third-order valence-corrected chi connectivity index (χ3v) is 2.85. The van der Waals surface area contributed by atoms with Gasteiger partial charge in [-0.1, -0.05) is 5.16 Å². The molecule has 7 heteroatoms. The van der Waals surface area contributed by atoms with Gasteiger partial charge in [-0.15, -0.1) is 0 Å². The second-order valence-corrected chi connectivity index (χ2v) is 5.08. The fraction of sp³-hybridized carbons (Fsp3) is 0.692. The summed E-state index contributed by atoms with van der Waals surface area (Å²) in [5.74, 6) is -0.558. The molecule has 0 spiro atoms. The molecule has 0 saturated carbocycles. The highest BCUT2D eigenvalue weighted by Crippen LogP contribution is 2.22. The van der Waals surface area contributed by atoms with E-state index < -0.39 is 5.79 Å². The minimum atomic E-state index is -0.613. The summed E-state index contributed by atoms with van der Waals surface area (Å²) in [4.78, 5) is 11.6. The quantitative estimate of drug-likeness (QED) is 0.773. The topological polar surface area (TPSA) is 91.0 Å². The van der Waals surface area contributed by atoms with E-state index in [4.69, 9.17) is 23.8 Å². The van der Waals surface area contributed by atoms with Gasteiger partial charge in [0, 0.05) is 12.5 Å². The zero-order chi connectivity index (χ0) is 14.6. The molecule has 1 N–H and O–H groups in total. The monoisotopic (exact) mass is 285 g/mol. The summed E-state index contributed by atoms with van der Waals surface area (Å²) in [5, 5.41) is 12.6. The summed E-state index contributed by atoms with van der Waals surface area (Å²) in [7, 11) is 0. The number of carbonyl (C=O) groups is 1. The molecule has 112 valence electrons. The van der Waals surface area contributed by atoms with E-state index in [1.165, 1.54) is 0 Å². The van der Waals surface area contributed by atoms with Crippen LogP contribution in [-0.4, -0.2) is 41.3 Å². The predicted octanol–water partition coefficient (Wildman–Crippen LogP) is 0.794. The van der Waals surface area contributed by atoms with Gasteiger partial charge in [-0.05, 0) is 13.8 Å². The molecule has 1 saturated heterocycles. The molecule has 1 aliphatic rings. The second-order valence-electron chi connectivity index (χ2n) is 5.08. The Morgan fingerprint density at radius 2 is 2.40 bits per heavy atom. The molecule has 1 atom stereocenters. The minimum absolute atomic E-state index is 0.184. The second kappa shape index (κ2) is 6.34. The zero-order valence-corrected chi connectivity index (χ0v) is 11.6. The number of carbonyl (C=O) groups excluding carboxylic acids is 1. The molecular weight excluding hydrogens is 266 g/mol. The van der Waals surface area contributed by atoms with Gasteiger partial charge in [0.2, 0.25) is 0 Å². The number of aryl methyl sites for hydroxylation is 1. The lowest BCUT2D eigenvalue weighted by atomic mass is 10.2. The van der Waals surface area contributed by atoms with Crippen LogP contribution in [0.1, 0.15) is 31.7 Å². The minimum Gasteiger partial charge on any atom is -0.463 e. The van der Waals surface area contributed by atoms with Crippen LogP contribution in [0.2, 0.25) is 0 Å². The van der Waals surface area contributed by atoms with Gasteiger partial charge in [0.15, 0.2) is 11.5 Å². The first-order valence-electron chi connectivity index (χ1n) is 6.51. The molecule has 0 aliphatic carbocycles. The first kappa shape index (κ1) is 15.0. The lowest BCUT2D eigenvalue weighted by Gasteiger charge is -2.16. The summed E-state index contributed by atoms with van der Waals surface area (Å²) < 4.78 is 20.8. The van der Waals surface area contributed by atoms with E-state index in [0.29, 0.717) is 24.5 Å². The Hall–Kier alpha value is -1.44. The van der Waals surface area contributed by atoms with Crippen molar-refractivity contribution in [3.63, 3.8) is 0 Å². The van der Waals surface area contributed by atoms with Gasteiger partial charge in [-0.25, -0.2) is 0 Å². The molecule has 0 aromatic carbocycles. The maximum absolute atomic E-state index is 11.6. The number of esters is 1. The van der Waals surface area contributed by atoms with Crippen molar-refractivity contribution in [1.82, 2.24) is 5.16 Å². The van der Waals surface area contributed by atoms with Crippen LogP contribution in [0.3, 0.4) is 0 Å². The number of rotatable bonds is 6. The Labute approximate surface area is 116 Å². The molecule has 2 heterocycles. The Morgan fingerprint density at radius 1 is 1.60 bits per heavy atom. The molecule has 1 aromatic heterocycles. The summed E-state index contributed by atoms with van der Waals surface area (Å²) in [6.45, 7) is 4.04. The van der Waals surface area contributed by atoms with Crippen LogP contribution in [0.15, 0.2) is 10.6 Å². The molecule has 1 fully saturated rings. The fourth-order valence-electron chi connectivity index (χ4n) is 1.88. The predicted molar refractivity (Wildman–Crippen MR) is 66.6 cm³/mol. The Balaban J connectivity index is 1.66. The fourth-order valence-corrected chi connectivity index (χ4v) is 1.88. The third-order valence-electron chi connectivity index (χ3n) is 2.85. The third kappa shape index (κ3) is 4.29. The van der Waals surface area contributed by atoms with Crippen LogP contribution in [0.4, 0.5) is 0 Å². The molecule has 7 nitrogen and oxygen atoms in total. The van der Waals surface area contributed by atoms with Crippen LogP contribution in [0, 0.1) is 0 Å². The number of aromatic nitrogens is 1. The average molecular weight is 285 g/mol. The summed E-state index contributed by atoms with van der Waals surface area (Å²) >= 11 is 0. The van der Waals surface area contributed by atoms with E-state index in [-0.39, 0.29) is 31.7 Å². The van der Waals surface area contributed by atoms with E-state index in [1.54, 1.807) is 6.07 Å². The van der Waals surface area contributed by atoms with Crippen molar-refractivity contribution in [2.75, 3.05) is 13.2 Å². The molecule has 2 rings (SSSR count). The van der Waals surface area contributed by atoms with Crippen LogP contribution >= 0.6 is 0 Å². The Morgan fingerprint density at radius 3 is 3.00 bits per heavy atom. The smallest absolute Gasteiger partial charge is 0.306 e. The van der Waals surface area contributed by atoms with Gasteiger partial charge < -0.3 is 23.8 Å². The van der Waals surface area contributed by atoms with Gasteiger partial charge in [0.05, 0.1) is 18.7 Å². The summed E-state index contributed by atoms with van der Waals surface area (Å²) in [6.07, 6.45) is 0.395. The van der Waals surface area contributed by atoms with Gasteiger partial charge in [0.25, 0.3) is 0 Å². The van der Waals surface area contributed by atoms with Gasteiger partial charge in [-0.2, -0.15) is 0 Å². The van der Waals surface area contributed by atoms with Crippen LogP contribution in [0.25, 0.3) is 0 Å². The Bertz CT molecular complexity index is 455. The number of ether oxygens (including phenoxy) is 3. The Kier molecular flexibility index (Phi) is 4.74. The largest absolute Gasteiger partial charge is 0.463 e. The number of aliphatic hydroxyl groups excluding tert-OH is 1. The maximum atomic E-state index is 11.6. The highest BCUT2D eigenvalue weighted by Gasteiger charge is 2.33. The first-order valence-corrected chi connectivity index (χ1v) is 6.51. The lowest BCUT2D eigenvalue weighted by molar-refractivity contribution is -0.158. The molecule has 0 bridgehead atoms. The number of nitrogens with zero attached hydrogens (tertiary/aromatic N) is 1. The van der Waals surface area contributed by atoms with Crippen molar-refractivity contribution in [3.8, 4) is 0 Å². The van der Waals surface area contributed by atoms with Crippen molar-refractivity contribution < 1.29 is 28.6 Å². The molecule has 0 amide bonds. The number of hydrogen-bond donors (Lipinski definition) is 1. The molecule has 0 radical (unpaired) electrons. The van der Waals surface area contributed by atoms with E-state index in [9.17, 15) is 4.79 Å². The molecule has 20 heavy (non-hydrogen) atoms. The highest BCUT2D eigenvalue weighted by atomic mass is 16.7. The number of hydrogen-bond acceptors (Lipinski definition) is 7. The standard InChI is InChI=1S/C13H19NO6/c1-13(2)18-8-11(19-13)7-17-12(16)4-3-9-5-10(6-15)20-14-9/h5,11,15H,3-4,6-8H2,1-2H3/t11-/m1/s1. The average Bonchev–Trinajstić information content (AvgIpc) is 3.00. The SMILES string of the molecule is CC1(C)OC[C@@H](COC(=O)CCc2cc(CO)on2)O1. The molecular formula is C13H19NO6. The van der Waals surface area contributed by atoms with Crippen LogP contribution in [-0.2, 0) is 32.0 Å². The molecule has 1 aliphatic heterocycles. The normalized spacial score (nSPS) is 21.1. The van der Waals surface area contributed by atoms with Gasteiger partial charge in [-0.3, -0.25) is 4.79 Å². The lowest BCUT2D eigenvalue weighted by Crippen LogP contribution is -2.25. The van der Waals surface area contributed by atoms with Crippen molar-refractivity contribution in [3.05, 3.63) is 17.5 Å². The van der Waals surface area contributed by atoms with Gasteiger partial charge >= 0.3 is 5.97 Å². The first-order chi connectivity index (χ1) is 9.48. The highest BCUT2D eigenvalue weighted by molar-refractivity contribution is 5.69. The van der Waals surface area contributed by atoms with Crippen LogP contribution < -0.4 is 0 Å². The van der Waals surface area contributed by atoms with Crippen molar-refractivity contribution in [2.45, 2.75) is 45.2 Å². The van der Waals surface area contributed by atoms with E-state index in [2.05, 4.69) is 5.16 Å². The molecule has 0 unspecified atom stereocenters. The number of aliphatic hydroxyl groups is 1. The van der Waals surface area contributed by atoms with Crippen molar-refractivity contribution >= 4 is 5.97 Å². The van der Waals surface area contributed by atoms with Crippen molar-refractivity contribution in [2.24, 2.45) is 0 Å². The van der Waals surface area contributed by atoms with Crippen molar-refractivity contribution in [1.29, 1.82) is 0 Å². The van der Waals surface area contributed by atoms with Gasteiger partial charge in [0.1, 0.15) is 19.3 Å².